The summed E-state index contributed by atoms with van der Waals surface area (Å²) >= 11 is 1.55. The Balaban J connectivity index is 1.37. The van der Waals surface area contributed by atoms with Crippen molar-refractivity contribution >= 4 is 28.1 Å². The number of anilines is 2. The number of carbonyl (C=O) groups is 1. The van der Waals surface area contributed by atoms with E-state index < -0.39 is 5.91 Å². The number of thiazole rings is 1. The molecule has 0 saturated heterocycles. The number of fused-ring (bicyclic) bond motifs is 1. The number of para-hydroxylation sites is 1. The summed E-state index contributed by atoms with van der Waals surface area (Å²) < 4.78 is 5.74. The lowest BCUT2D eigenvalue weighted by atomic mass is 10.2. The molecular formula is C23H21N5O2S. The molecule has 4 rings (SSSR count). The van der Waals surface area contributed by atoms with Gasteiger partial charge in [-0.3, -0.25) is 4.79 Å². The number of aromatic nitrogens is 1. The van der Waals surface area contributed by atoms with E-state index in [4.69, 9.17) is 4.74 Å². The number of amides is 1. The monoisotopic (exact) mass is 431 g/mol. The molecule has 0 atom stereocenters. The molecule has 2 aromatic carbocycles. The van der Waals surface area contributed by atoms with E-state index in [0.29, 0.717) is 16.6 Å². The van der Waals surface area contributed by atoms with Crippen LogP contribution >= 0.6 is 11.3 Å². The number of likely N-dealkylation sites (N-methyl/N-ethyl adjacent to an activating group) is 1. The molecule has 0 aliphatic carbocycles. The van der Waals surface area contributed by atoms with E-state index in [2.05, 4.69) is 27.6 Å². The predicted octanol–water partition coefficient (Wildman–Crippen LogP) is 4.38. The highest BCUT2D eigenvalue weighted by Gasteiger charge is 2.18. The molecule has 1 aromatic heterocycles. The average molecular weight is 432 g/mol. The van der Waals surface area contributed by atoms with Crippen LogP contribution in [0.3, 0.4) is 0 Å². The molecule has 8 heteroatoms. The third kappa shape index (κ3) is 5.28. The minimum Gasteiger partial charge on any atom is -0.457 e. The van der Waals surface area contributed by atoms with E-state index in [0.717, 1.165) is 31.0 Å². The molecule has 7 nitrogen and oxygen atoms in total. The molecule has 3 aromatic rings. The molecule has 1 aliphatic rings. The van der Waals surface area contributed by atoms with Gasteiger partial charge in [0.1, 0.15) is 23.1 Å². The quantitative estimate of drug-likeness (QED) is 0.445. The van der Waals surface area contributed by atoms with Gasteiger partial charge in [0.05, 0.1) is 5.69 Å². The summed E-state index contributed by atoms with van der Waals surface area (Å²) in [4.78, 5) is 20.5. The van der Waals surface area contributed by atoms with Crippen LogP contribution in [0.4, 0.5) is 10.8 Å². The highest BCUT2D eigenvalue weighted by Crippen LogP contribution is 2.28. The Kier molecular flexibility index (Phi) is 6.26. The molecule has 2 N–H and O–H groups in total. The number of nitrogens with zero attached hydrogens (tertiary/aromatic N) is 3. The first-order valence-corrected chi connectivity index (χ1v) is 10.6. The fraction of sp³-hybridized carbons (Fsp3) is 0.174. The highest BCUT2D eigenvalue weighted by atomic mass is 32.1. The Morgan fingerprint density at radius 1 is 1.19 bits per heavy atom. The van der Waals surface area contributed by atoms with Crippen molar-refractivity contribution in [2.75, 3.05) is 24.2 Å². The Labute approximate surface area is 184 Å². The normalized spacial score (nSPS) is 13.7. The average Bonchev–Trinajstić information content (AvgIpc) is 3.18. The number of rotatable bonds is 6. The molecular weight excluding hydrogens is 410 g/mol. The zero-order valence-corrected chi connectivity index (χ0v) is 17.8. The lowest BCUT2D eigenvalue weighted by molar-refractivity contribution is -0.112. The maximum Gasteiger partial charge on any atom is 0.267 e. The molecule has 0 radical (unpaired) electrons. The van der Waals surface area contributed by atoms with Gasteiger partial charge in [0, 0.05) is 36.3 Å². The summed E-state index contributed by atoms with van der Waals surface area (Å²) in [6.07, 6.45) is 2.31. The first-order valence-electron chi connectivity index (χ1n) is 9.79. The van der Waals surface area contributed by atoms with E-state index >= 15 is 0 Å². The number of hydrogen-bond donors (Lipinski definition) is 2. The fourth-order valence-corrected chi connectivity index (χ4v) is 4.15. The van der Waals surface area contributed by atoms with Crippen LogP contribution in [0.1, 0.15) is 10.6 Å². The number of nitriles is 1. The summed E-state index contributed by atoms with van der Waals surface area (Å²) in [5.74, 6) is 0.892. The van der Waals surface area contributed by atoms with Gasteiger partial charge in [-0.15, -0.1) is 11.3 Å². The van der Waals surface area contributed by atoms with Crippen LogP contribution in [0.15, 0.2) is 66.4 Å². The van der Waals surface area contributed by atoms with Gasteiger partial charge in [0.25, 0.3) is 5.91 Å². The highest BCUT2D eigenvalue weighted by molar-refractivity contribution is 7.15. The molecule has 0 fully saturated rings. The van der Waals surface area contributed by atoms with Crippen molar-refractivity contribution in [3.8, 4) is 17.6 Å². The summed E-state index contributed by atoms with van der Waals surface area (Å²) in [6, 6.07) is 18.3. The van der Waals surface area contributed by atoms with Gasteiger partial charge < -0.3 is 20.3 Å². The molecule has 156 valence electrons. The van der Waals surface area contributed by atoms with Crippen LogP contribution in [0.2, 0.25) is 0 Å². The topological polar surface area (TPSA) is 90.3 Å². The molecule has 0 saturated carbocycles. The third-order valence-electron chi connectivity index (χ3n) is 4.72. The third-order valence-corrected chi connectivity index (χ3v) is 5.73. The Hall–Kier alpha value is -3.67. The number of benzene rings is 2. The summed E-state index contributed by atoms with van der Waals surface area (Å²) in [7, 11) is 2.08. The molecule has 0 spiro atoms. The van der Waals surface area contributed by atoms with Crippen molar-refractivity contribution < 1.29 is 9.53 Å². The van der Waals surface area contributed by atoms with Crippen molar-refractivity contribution in [3.05, 3.63) is 76.9 Å². The van der Waals surface area contributed by atoms with Gasteiger partial charge in [-0.2, -0.15) is 5.26 Å². The molecule has 0 bridgehead atoms. The van der Waals surface area contributed by atoms with Crippen LogP contribution in [-0.4, -0.2) is 29.4 Å². The molecule has 2 heterocycles. The molecule has 0 unspecified atom stereocenters. The molecule has 31 heavy (non-hydrogen) atoms. The van der Waals surface area contributed by atoms with Gasteiger partial charge in [-0.25, -0.2) is 4.98 Å². The summed E-state index contributed by atoms with van der Waals surface area (Å²) in [5, 5.41) is 15.8. The summed E-state index contributed by atoms with van der Waals surface area (Å²) in [6.45, 7) is 1.85. The first kappa shape index (κ1) is 20.6. The van der Waals surface area contributed by atoms with E-state index in [-0.39, 0.29) is 5.57 Å². The van der Waals surface area contributed by atoms with Crippen molar-refractivity contribution in [3.63, 3.8) is 0 Å². The second-order valence-electron chi connectivity index (χ2n) is 7.08. The fourth-order valence-electron chi connectivity index (χ4n) is 3.10. The smallest absolute Gasteiger partial charge is 0.267 e. The second kappa shape index (κ2) is 9.43. The minimum absolute atomic E-state index is 0.0325. The van der Waals surface area contributed by atoms with Crippen LogP contribution in [0, 0.1) is 11.3 Å². The van der Waals surface area contributed by atoms with E-state index in [1.54, 1.807) is 35.6 Å². The number of hydrogen-bond acceptors (Lipinski definition) is 7. The summed E-state index contributed by atoms with van der Waals surface area (Å²) in [5.41, 5.74) is 1.62. The van der Waals surface area contributed by atoms with Crippen LogP contribution in [0.25, 0.3) is 0 Å². The zero-order chi connectivity index (χ0) is 21.6. The van der Waals surface area contributed by atoms with Crippen molar-refractivity contribution in [2.45, 2.75) is 13.0 Å². The van der Waals surface area contributed by atoms with E-state index in [1.807, 2.05) is 36.4 Å². The maximum absolute atomic E-state index is 12.5. The lowest BCUT2D eigenvalue weighted by Gasteiger charge is -2.20. The Bertz CT molecular complexity index is 1130. The van der Waals surface area contributed by atoms with Gasteiger partial charge >= 0.3 is 0 Å². The molecule has 1 amide bonds. The largest absolute Gasteiger partial charge is 0.457 e. The van der Waals surface area contributed by atoms with Crippen LogP contribution < -0.4 is 15.4 Å². The molecule has 1 aliphatic heterocycles. The van der Waals surface area contributed by atoms with Crippen molar-refractivity contribution in [1.29, 1.82) is 5.26 Å². The number of ether oxygens (including phenoxy) is 1. The van der Waals surface area contributed by atoms with Gasteiger partial charge in [0.2, 0.25) is 0 Å². The first-order chi connectivity index (χ1) is 15.1. The van der Waals surface area contributed by atoms with Gasteiger partial charge in [-0.05, 0) is 43.4 Å². The maximum atomic E-state index is 12.5. The van der Waals surface area contributed by atoms with Gasteiger partial charge in [-0.1, -0.05) is 18.2 Å². The second-order valence-corrected chi connectivity index (χ2v) is 8.17. The number of nitrogens with one attached hydrogen (secondary N) is 2. The lowest BCUT2D eigenvalue weighted by Crippen LogP contribution is -2.25. The standard InChI is InChI=1S/C23H21N5O2S/c1-28-12-11-20-21(15-28)31-23(27-20)25-14-16(13-24)22(29)26-17-7-9-19(10-8-17)30-18-5-3-2-4-6-18/h2-10,14H,11-12,15H2,1H3,(H,25,27)(H,26,29)/b16-14-. The van der Waals surface area contributed by atoms with Crippen LogP contribution in [0.5, 0.6) is 11.5 Å². The van der Waals surface area contributed by atoms with E-state index in [1.165, 1.54) is 11.1 Å². The Morgan fingerprint density at radius 3 is 2.68 bits per heavy atom. The van der Waals surface area contributed by atoms with Crippen LogP contribution in [-0.2, 0) is 17.8 Å². The SMILES string of the molecule is CN1CCc2nc(N/C=C(/C#N)C(=O)Nc3ccc(Oc4ccccc4)cc3)sc2C1. The van der Waals surface area contributed by atoms with Gasteiger partial charge in [0.15, 0.2) is 5.13 Å². The van der Waals surface area contributed by atoms with Crippen molar-refractivity contribution in [1.82, 2.24) is 9.88 Å². The van der Waals surface area contributed by atoms with Crippen molar-refractivity contribution in [2.24, 2.45) is 0 Å². The van der Waals surface area contributed by atoms with E-state index in [9.17, 15) is 10.1 Å². The Morgan fingerprint density at radius 2 is 1.94 bits per heavy atom. The zero-order valence-electron chi connectivity index (χ0n) is 17.0. The minimum atomic E-state index is -0.493. The predicted molar refractivity (Wildman–Crippen MR) is 121 cm³/mol. The number of carbonyl (C=O) groups excluding carboxylic acids is 1.